The van der Waals surface area contributed by atoms with Crippen LogP contribution in [0.2, 0.25) is 0 Å². The molecule has 0 amide bonds. The van der Waals surface area contributed by atoms with E-state index in [1.165, 1.54) is 13.0 Å². The maximum atomic E-state index is 11.6. The Bertz CT molecular complexity index is 536. The first-order valence-corrected chi connectivity index (χ1v) is 5.98. The Morgan fingerprint density at radius 3 is 2.60 bits per heavy atom. The highest BCUT2D eigenvalue weighted by molar-refractivity contribution is 5.91. The summed E-state index contributed by atoms with van der Waals surface area (Å²) in [5, 5.41) is 9.42. The van der Waals surface area contributed by atoms with Gasteiger partial charge in [-0.3, -0.25) is 4.79 Å². The van der Waals surface area contributed by atoms with Gasteiger partial charge in [-0.1, -0.05) is 30.3 Å². The van der Waals surface area contributed by atoms with Crippen molar-refractivity contribution in [2.24, 2.45) is 0 Å². The monoisotopic (exact) mass is 278 g/mol. The summed E-state index contributed by atoms with van der Waals surface area (Å²) in [6.07, 6.45) is 1.18. The third kappa shape index (κ3) is 3.16. The van der Waals surface area contributed by atoms with Gasteiger partial charge >= 0.3 is 17.7 Å². The van der Waals surface area contributed by atoms with Gasteiger partial charge in [0.15, 0.2) is 6.61 Å². The molecule has 106 valence electrons. The first-order chi connectivity index (χ1) is 9.54. The molecule has 0 aliphatic carbocycles. The second-order valence-corrected chi connectivity index (χ2v) is 4.25. The number of hydrogen-bond acceptors (Lipinski definition) is 6. The van der Waals surface area contributed by atoms with Crippen molar-refractivity contribution in [3.05, 3.63) is 42.0 Å². The summed E-state index contributed by atoms with van der Waals surface area (Å²) in [6, 6.07) is 8.89. The summed E-state index contributed by atoms with van der Waals surface area (Å²) in [7, 11) is 0. The van der Waals surface area contributed by atoms with Crippen molar-refractivity contribution in [2.45, 2.75) is 12.7 Å². The van der Waals surface area contributed by atoms with Crippen LogP contribution in [0.15, 0.2) is 36.4 Å². The minimum Gasteiger partial charge on any atom is -0.457 e. The molecular formula is C14H14O6. The average molecular weight is 278 g/mol. The van der Waals surface area contributed by atoms with Crippen molar-refractivity contribution in [1.82, 2.24) is 0 Å². The fourth-order valence-electron chi connectivity index (χ4n) is 1.70. The lowest BCUT2D eigenvalue weighted by molar-refractivity contribution is -0.240. The van der Waals surface area contributed by atoms with Crippen LogP contribution < -0.4 is 0 Å². The molecule has 1 heterocycles. The van der Waals surface area contributed by atoms with Crippen LogP contribution in [-0.4, -0.2) is 36.0 Å². The summed E-state index contributed by atoms with van der Waals surface area (Å²) in [6.45, 7) is 0.203. The Hall–Kier alpha value is -2.34. The van der Waals surface area contributed by atoms with E-state index in [2.05, 4.69) is 0 Å². The number of benzene rings is 1. The van der Waals surface area contributed by atoms with Crippen LogP contribution in [0.3, 0.4) is 0 Å². The van der Waals surface area contributed by atoms with Gasteiger partial charge in [0.25, 0.3) is 0 Å². The summed E-state index contributed by atoms with van der Waals surface area (Å²) >= 11 is 0. The molecule has 1 aromatic rings. The van der Waals surface area contributed by atoms with E-state index < -0.39 is 24.3 Å². The van der Waals surface area contributed by atoms with Crippen LogP contribution in [0.4, 0.5) is 0 Å². The van der Waals surface area contributed by atoms with E-state index in [-0.39, 0.29) is 12.4 Å². The fraction of sp³-hybridized carbons (Fsp3) is 0.286. The molecule has 6 nitrogen and oxygen atoms in total. The molecule has 20 heavy (non-hydrogen) atoms. The number of cyclic esters (lactones) is 1. The topological polar surface area (TPSA) is 82.1 Å². The third-order valence-electron chi connectivity index (χ3n) is 2.63. The molecule has 0 aromatic heterocycles. The van der Waals surface area contributed by atoms with Crippen molar-refractivity contribution in [3.63, 3.8) is 0 Å². The van der Waals surface area contributed by atoms with Gasteiger partial charge in [0, 0.05) is 12.5 Å². The number of esters is 2. The van der Waals surface area contributed by atoms with E-state index in [1.54, 1.807) is 24.3 Å². The number of aliphatic hydroxyl groups excluding tert-OH is 1. The molecule has 1 atom stereocenters. The lowest BCUT2D eigenvalue weighted by atomic mass is 10.1. The highest BCUT2D eigenvalue weighted by Gasteiger charge is 2.41. The highest BCUT2D eigenvalue weighted by atomic mass is 16.7. The van der Waals surface area contributed by atoms with Crippen molar-refractivity contribution >= 4 is 17.7 Å². The fourth-order valence-corrected chi connectivity index (χ4v) is 1.70. The Morgan fingerprint density at radius 1 is 1.30 bits per heavy atom. The largest absolute Gasteiger partial charge is 0.457 e. The van der Waals surface area contributed by atoms with Gasteiger partial charge in [-0.15, -0.1) is 0 Å². The van der Waals surface area contributed by atoms with E-state index in [0.717, 1.165) is 0 Å². The Balaban J connectivity index is 2.24. The van der Waals surface area contributed by atoms with Crippen molar-refractivity contribution in [3.8, 4) is 0 Å². The van der Waals surface area contributed by atoms with Gasteiger partial charge in [-0.2, -0.15) is 0 Å². The lowest BCUT2D eigenvalue weighted by Gasteiger charge is -2.34. The molecule has 1 aromatic carbocycles. The highest BCUT2D eigenvalue weighted by Crippen LogP contribution is 2.29. The van der Waals surface area contributed by atoms with E-state index in [9.17, 15) is 14.7 Å². The molecule has 1 N–H and O–H groups in total. The molecule has 6 heteroatoms. The minimum atomic E-state index is -1.71. The minimum absolute atomic E-state index is 0.253. The van der Waals surface area contributed by atoms with Gasteiger partial charge < -0.3 is 19.3 Å². The van der Waals surface area contributed by atoms with Crippen LogP contribution in [0.25, 0.3) is 5.76 Å². The molecule has 0 unspecified atom stereocenters. The quantitative estimate of drug-likeness (QED) is 0.822. The maximum Gasteiger partial charge on any atom is 0.338 e. The molecule has 0 saturated carbocycles. The number of aliphatic hydroxyl groups is 1. The molecule has 2 rings (SSSR count). The van der Waals surface area contributed by atoms with E-state index in [4.69, 9.17) is 14.2 Å². The van der Waals surface area contributed by atoms with Crippen LogP contribution in [-0.2, 0) is 23.8 Å². The second-order valence-electron chi connectivity index (χ2n) is 4.25. The van der Waals surface area contributed by atoms with Gasteiger partial charge in [0.05, 0.1) is 6.08 Å². The van der Waals surface area contributed by atoms with Crippen molar-refractivity contribution < 1.29 is 28.9 Å². The lowest BCUT2D eigenvalue weighted by Crippen LogP contribution is -2.48. The van der Waals surface area contributed by atoms with Gasteiger partial charge in [-0.25, -0.2) is 4.79 Å². The third-order valence-corrected chi connectivity index (χ3v) is 2.63. The maximum absolute atomic E-state index is 11.6. The Labute approximate surface area is 115 Å². The van der Waals surface area contributed by atoms with E-state index in [1.807, 2.05) is 6.07 Å². The molecule has 0 saturated heterocycles. The number of rotatable bonds is 4. The zero-order valence-electron chi connectivity index (χ0n) is 10.9. The van der Waals surface area contributed by atoms with Gasteiger partial charge in [-0.05, 0) is 0 Å². The molecule has 0 bridgehead atoms. The molecule has 0 fully saturated rings. The SMILES string of the molecule is CC(=O)OC[C@@]1(CO)OC(=O)C=C(c2ccccc2)O1. The summed E-state index contributed by atoms with van der Waals surface area (Å²) in [5.74, 6) is -2.68. The summed E-state index contributed by atoms with van der Waals surface area (Å²) < 4.78 is 15.3. The first-order valence-electron chi connectivity index (χ1n) is 5.98. The molecule has 0 spiro atoms. The average Bonchev–Trinajstić information content (AvgIpc) is 2.45. The number of carbonyl (C=O) groups is 2. The van der Waals surface area contributed by atoms with Crippen molar-refractivity contribution in [1.29, 1.82) is 0 Å². The number of carbonyl (C=O) groups excluding carboxylic acids is 2. The van der Waals surface area contributed by atoms with Crippen molar-refractivity contribution in [2.75, 3.05) is 13.2 Å². The smallest absolute Gasteiger partial charge is 0.338 e. The Kier molecular flexibility index (Phi) is 4.05. The predicted octanol–water partition coefficient (Wildman–Crippen LogP) is 0.853. The molecule has 1 aliphatic heterocycles. The van der Waals surface area contributed by atoms with Crippen LogP contribution >= 0.6 is 0 Å². The first kappa shape index (κ1) is 14.1. The summed E-state index contributed by atoms with van der Waals surface area (Å²) in [5.41, 5.74) is 0.657. The van der Waals surface area contributed by atoms with Crippen LogP contribution in [0, 0.1) is 0 Å². The Morgan fingerprint density at radius 2 is 2.00 bits per heavy atom. The number of ether oxygens (including phenoxy) is 3. The zero-order chi connectivity index (χ0) is 14.6. The van der Waals surface area contributed by atoms with Gasteiger partial charge in [0.1, 0.15) is 12.4 Å². The predicted molar refractivity (Wildman–Crippen MR) is 68.0 cm³/mol. The molecule has 0 radical (unpaired) electrons. The van der Waals surface area contributed by atoms with Crippen LogP contribution in [0.1, 0.15) is 12.5 Å². The second kappa shape index (κ2) is 5.75. The molecular weight excluding hydrogens is 264 g/mol. The summed E-state index contributed by atoms with van der Waals surface area (Å²) in [4.78, 5) is 22.5. The zero-order valence-corrected chi connectivity index (χ0v) is 10.9. The normalized spacial score (nSPS) is 21.5. The van der Waals surface area contributed by atoms with Gasteiger partial charge in [0.2, 0.25) is 0 Å². The number of hydrogen-bond donors (Lipinski definition) is 1. The standard InChI is InChI=1S/C14H14O6/c1-10(16)18-9-14(8-15)19-12(7-13(17)20-14)11-5-3-2-4-6-11/h2-7,15H,8-9H2,1H3/t14-/m1/s1. The van der Waals surface area contributed by atoms with Crippen LogP contribution in [0.5, 0.6) is 0 Å². The molecule has 1 aliphatic rings. The van der Waals surface area contributed by atoms with E-state index in [0.29, 0.717) is 5.56 Å². The van der Waals surface area contributed by atoms with E-state index >= 15 is 0 Å².